The fraction of sp³-hybridized carbons (Fsp3) is 0.200. The van der Waals surface area contributed by atoms with E-state index in [1.54, 1.807) is 6.07 Å². The molecule has 2 aromatic carbocycles. The van der Waals surface area contributed by atoms with E-state index in [9.17, 15) is 17.8 Å². The summed E-state index contributed by atoms with van der Waals surface area (Å²) in [7, 11) is -4.43. The van der Waals surface area contributed by atoms with Gasteiger partial charge in [0.15, 0.2) is 0 Å². The minimum absolute atomic E-state index is 0.254. The molecular weight excluding hydrogens is 474 g/mol. The predicted octanol–water partition coefficient (Wildman–Crippen LogP) is 2.58. The standard InChI is InChI=1S/C20H20BrN3O5S/c21-14-6-4-13(5-7-14)12-29-11-10-24-19(20(22)25)18-16-2-1-3-17(30(26,27)28)15(16)8-9-23-18/h1-9,19,24H,10-12H2,(H2,22,25)(H,26,27,28). The average Bonchev–Trinajstić information content (AvgIpc) is 2.70. The summed E-state index contributed by atoms with van der Waals surface area (Å²) in [6.07, 6.45) is 1.37. The summed E-state index contributed by atoms with van der Waals surface area (Å²) in [5.41, 5.74) is 6.84. The Labute approximate surface area is 182 Å². The van der Waals surface area contributed by atoms with Crippen molar-refractivity contribution < 1.29 is 22.5 Å². The molecule has 0 aliphatic carbocycles. The van der Waals surface area contributed by atoms with Crippen LogP contribution in [0.1, 0.15) is 17.3 Å². The summed E-state index contributed by atoms with van der Waals surface area (Å²) in [6.45, 7) is 1.06. The third-order valence-corrected chi connectivity index (χ3v) is 5.85. The van der Waals surface area contributed by atoms with Crippen LogP contribution in [0.5, 0.6) is 0 Å². The Balaban J connectivity index is 1.72. The lowest BCUT2D eigenvalue weighted by molar-refractivity contribution is -0.120. The second kappa shape index (κ2) is 9.63. The number of primary amides is 1. The van der Waals surface area contributed by atoms with Crippen molar-refractivity contribution in [2.45, 2.75) is 17.5 Å². The molecule has 10 heteroatoms. The normalized spacial score (nSPS) is 12.7. The molecule has 1 aromatic heterocycles. The van der Waals surface area contributed by atoms with Crippen LogP contribution >= 0.6 is 15.9 Å². The first kappa shape index (κ1) is 22.3. The van der Waals surface area contributed by atoms with E-state index in [1.165, 1.54) is 24.4 Å². The highest BCUT2D eigenvalue weighted by molar-refractivity contribution is 9.10. The zero-order valence-electron chi connectivity index (χ0n) is 15.8. The number of rotatable bonds is 9. The number of nitrogens with two attached hydrogens (primary N) is 1. The van der Waals surface area contributed by atoms with E-state index in [0.29, 0.717) is 25.1 Å². The number of amides is 1. The van der Waals surface area contributed by atoms with Gasteiger partial charge in [-0.25, -0.2) is 0 Å². The number of benzene rings is 2. The van der Waals surface area contributed by atoms with Gasteiger partial charge in [0, 0.05) is 28.0 Å². The van der Waals surface area contributed by atoms with Crippen LogP contribution in [-0.4, -0.2) is 37.0 Å². The van der Waals surface area contributed by atoms with Crippen molar-refractivity contribution in [3.05, 3.63) is 70.5 Å². The Bertz CT molecular complexity index is 1150. The van der Waals surface area contributed by atoms with Gasteiger partial charge in [0.1, 0.15) is 10.9 Å². The number of nitrogens with one attached hydrogen (secondary N) is 1. The summed E-state index contributed by atoms with van der Waals surface area (Å²) in [6, 6.07) is 12.6. The Morgan fingerprint density at radius 2 is 1.90 bits per heavy atom. The van der Waals surface area contributed by atoms with Crippen LogP contribution in [0, 0.1) is 0 Å². The molecule has 0 radical (unpaired) electrons. The van der Waals surface area contributed by atoms with Gasteiger partial charge >= 0.3 is 0 Å². The molecule has 0 aliphatic rings. The molecule has 3 aromatic rings. The highest BCUT2D eigenvalue weighted by Crippen LogP contribution is 2.27. The molecule has 0 saturated heterocycles. The third kappa shape index (κ3) is 5.41. The van der Waals surface area contributed by atoms with E-state index in [2.05, 4.69) is 26.2 Å². The average molecular weight is 494 g/mol. The Morgan fingerprint density at radius 3 is 2.57 bits per heavy atom. The van der Waals surface area contributed by atoms with Crippen molar-refractivity contribution in [2.75, 3.05) is 13.2 Å². The summed E-state index contributed by atoms with van der Waals surface area (Å²) >= 11 is 3.37. The molecule has 30 heavy (non-hydrogen) atoms. The number of nitrogens with zero attached hydrogens (tertiary/aromatic N) is 1. The lowest BCUT2D eigenvalue weighted by Gasteiger charge is -2.17. The van der Waals surface area contributed by atoms with Gasteiger partial charge in [-0.3, -0.25) is 19.6 Å². The van der Waals surface area contributed by atoms with Crippen molar-refractivity contribution in [3.8, 4) is 0 Å². The van der Waals surface area contributed by atoms with Gasteiger partial charge in [0.25, 0.3) is 10.1 Å². The van der Waals surface area contributed by atoms with Gasteiger partial charge in [-0.05, 0) is 29.8 Å². The van der Waals surface area contributed by atoms with E-state index in [1.807, 2.05) is 24.3 Å². The van der Waals surface area contributed by atoms with Crippen LogP contribution in [0.2, 0.25) is 0 Å². The van der Waals surface area contributed by atoms with Crippen LogP contribution in [0.3, 0.4) is 0 Å². The second-order valence-corrected chi connectivity index (χ2v) is 8.80. The first-order valence-electron chi connectivity index (χ1n) is 8.97. The number of pyridine rings is 1. The molecular formula is C20H20BrN3O5S. The maximum Gasteiger partial charge on any atom is 0.295 e. The Hall–Kier alpha value is -2.37. The summed E-state index contributed by atoms with van der Waals surface area (Å²) in [4.78, 5) is 16.0. The number of halogens is 1. The molecule has 1 heterocycles. The molecule has 8 nitrogen and oxygen atoms in total. The zero-order valence-corrected chi connectivity index (χ0v) is 18.2. The van der Waals surface area contributed by atoms with Crippen LogP contribution in [0.25, 0.3) is 10.8 Å². The molecule has 0 spiro atoms. The first-order chi connectivity index (χ1) is 14.3. The number of fused-ring (bicyclic) bond motifs is 1. The van der Waals surface area contributed by atoms with Crippen LogP contribution < -0.4 is 11.1 Å². The lowest BCUT2D eigenvalue weighted by Crippen LogP contribution is -2.36. The maximum atomic E-state index is 12.0. The highest BCUT2D eigenvalue weighted by Gasteiger charge is 2.23. The van der Waals surface area contributed by atoms with Gasteiger partial charge < -0.3 is 10.5 Å². The number of carbonyl (C=O) groups is 1. The monoisotopic (exact) mass is 493 g/mol. The summed E-state index contributed by atoms with van der Waals surface area (Å²) in [5.74, 6) is -0.667. The van der Waals surface area contributed by atoms with Gasteiger partial charge in [-0.1, -0.05) is 40.2 Å². The van der Waals surface area contributed by atoms with Crippen molar-refractivity contribution >= 4 is 42.7 Å². The molecule has 0 aliphatic heterocycles. The minimum atomic E-state index is -4.43. The molecule has 0 fully saturated rings. The highest BCUT2D eigenvalue weighted by atomic mass is 79.9. The topological polar surface area (TPSA) is 132 Å². The van der Waals surface area contributed by atoms with Crippen molar-refractivity contribution in [3.63, 3.8) is 0 Å². The van der Waals surface area contributed by atoms with Gasteiger partial charge in [0.2, 0.25) is 5.91 Å². The molecule has 1 atom stereocenters. The number of aromatic nitrogens is 1. The zero-order chi connectivity index (χ0) is 21.7. The van der Waals surface area contributed by atoms with Crippen LogP contribution in [0.15, 0.2) is 64.1 Å². The van der Waals surface area contributed by atoms with Crippen molar-refractivity contribution in [1.82, 2.24) is 10.3 Å². The molecule has 3 rings (SSSR count). The number of hydrogen-bond donors (Lipinski definition) is 3. The van der Waals surface area contributed by atoms with Gasteiger partial charge in [-0.15, -0.1) is 0 Å². The van der Waals surface area contributed by atoms with E-state index < -0.39 is 22.1 Å². The Morgan fingerprint density at radius 1 is 1.17 bits per heavy atom. The number of carbonyl (C=O) groups excluding carboxylic acids is 1. The molecule has 1 unspecified atom stereocenters. The lowest BCUT2D eigenvalue weighted by atomic mass is 10.0. The fourth-order valence-electron chi connectivity index (χ4n) is 3.03. The number of ether oxygens (including phenoxy) is 1. The summed E-state index contributed by atoms with van der Waals surface area (Å²) in [5, 5.41) is 3.66. The number of hydrogen-bond acceptors (Lipinski definition) is 6. The molecule has 158 valence electrons. The Kier molecular flexibility index (Phi) is 7.16. The van der Waals surface area contributed by atoms with E-state index in [4.69, 9.17) is 10.5 Å². The quantitative estimate of drug-likeness (QED) is 0.308. The molecule has 1 amide bonds. The van der Waals surface area contributed by atoms with E-state index in [-0.39, 0.29) is 16.0 Å². The predicted molar refractivity (Wildman–Crippen MR) is 115 cm³/mol. The molecule has 0 saturated carbocycles. The summed E-state index contributed by atoms with van der Waals surface area (Å²) < 4.78 is 39.4. The van der Waals surface area contributed by atoms with Gasteiger partial charge in [-0.2, -0.15) is 8.42 Å². The van der Waals surface area contributed by atoms with Crippen LogP contribution in [-0.2, 0) is 26.3 Å². The van der Waals surface area contributed by atoms with E-state index in [0.717, 1.165) is 10.0 Å². The second-order valence-electron chi connectivity index (χ2n) is 6.49. The van der Waals surface area contributed by atoms with Crippen LogP contribution in [0.4, 0.5) is 0 Å². The smallest absolute Gasteiger partial charge is 0.295 e. The SMILES string of the molecule is NC(=O)C(NCCOCc1ccc(Br)cc1)c1nccc2c(S(=O)(=O)O)cccc12. The first-order valence-corrected chi connectivity index (χ1v) is 11.2. The van der Waals surface area contributed by atoms with E-state index >= 15 is 0 Å². The molecule has 0 bridgehead atoms. The third-order valence-electron chi connectivity index (χ3n) is 4.41. The van der Waals surface area contributed by atoms with Crippen molar-refractivity contribution in [1.29, 1.82) is 0 Å². The fourth-order valence-corrected chi connectivity index (χ4v) is 4.00. The van der Waals surface area contributed by atoms with Gasteiger partial charge in [0.05, 0.1) is 18.9 Å². The minimum Gasteiger partial charge on any atom is -0.375 e. The molecule has 4 N–H and O–H groups in total. The largest absolute Gasteiger partial charge is 0.375 e. The van der Waals surface area contributed by atoms with Crippen molar-refractivity contribution in [2.24, 2.45) is 5.73 Å². The maximum absolute atomic E-state index is 12.0.